The minimum absolute atomic E-state index is 0.0796. The standard InChI is InChI=1S/C23H19FN4O3/c1-13-8-9-14(20-21(29)23(2,3)31-28-20)10-16(13)18-11-26-19(12-25-18)27-22(30)15-6-4-5-7-17(15)24/h4-12H,1-3H3,(H,26,27,30). The molecule has 0 bridgehead atoms. The molecule has 0 aliphatic carbocycles. The van der Waals surface area contributed by atoms with Gasteiger partial charge in [-0.1, -0.05) is 29.4 Å². The Morgan fingerprint density at radius 3 is 2.52 bits per heavy atom. The molecule has 31 heavy (non-hydrogen) atoms. The Labute approximate surface area is 178 Å². The summed E-state index contributed by atoms with van der Waals surface area (Å²) in [6.07, 6.45) is 2.90. The van der Waals surface area contributed by atoms with Crippen LogP contribution in [0, 0.1) is 12.7 Å². The fraction of sp³-hybridized carbons (Fsp3) is 0.174. The molecule has 0 radical (unpaired) electrons. The summed E-state index contributed by atoms with van der Waals surface area (Å²) in [4.78, 5) is 38.6. The van der Waals surface area contributed by atoms with Crippen LogP contribution in [0.2, 0.25) is 0 Å². The third-order valence-corrected chi connectivity index (χ3v) is 4.93. The first-order chi connectivity index (χ1) is 14.8. The number of aryl methyl sites for hydroxylation is 1. The van der Waals surface area contributed by atoms with Crippen LogP contribution >= 0.6 is 0 Å². The average Bonchev–Trinajstić information content (AvgIpc) is 3.02. The van der Waals surface area contributed by atoms with Crippen LogP contribution in [0.4, 0.5) is 10.2 Å². The van der Waals surface area contributed by atoms with Gasteiger partial charge in [-0.05, 0) is 44.5 Å². The summed E-state index contributed by atoms with van der Waals surface area (Å²) < 4.78 is 13.8. The number of halogens is 1. The zero-order chi connectivity index (χ0) is 22.2. The zero-order valence-electron chi connectivity index (χ0n) is 17.1. The van der Waals surface area contributed by atoms with Crippen LogP contribution in [0.25, 0.3) is 11.3 Å². The number of benzene rings is 2. The first-order valence-electron chi connectivity index (χ1n) is 9.56. The smallest absolute Gasteiger partial charge is 0.259 e. The van der Waals surface area contributed by atoms with Crippen molar-refractivity contribution in [3.8, 4) is 11.3 Å². The van der Waals surface area contributed by atoms with Crippen LogP contribution in [-0.2, 0) is 9.63 Å². The Balaban J connectivity index is 1.58. The molecule has 8 heteroatoms. The van der Waals surface area contributed by atoms with E-state index in [2.05, 4.69) is 20.4 Å². The number of Topliss-reactive ketones (excluding diaryl/α,β-unsaturated/α-hetero) is 1. The highest BCUT2D eigenvalue weighted by atomic mass is 19.1. The molecule has 2 heterocycles. The Morgan fingerprint density at radius 1 is 1.10 bits per heavy atom. The van der Waals surface area contributed by atoms with Gasteiger partial charge in [0, 0.05) is 11.1 Å². The molecule has 0 spiro atoms. The molecule has 0 saturated heterocycles. The fourth-order valence-electron chi connectivity index (χ4n) is 3.12. The van der Waals surface area contributed by atoms with E-state index in [4.69, 9.17) is 4.84 Å². The normalized spacial score (nSPS) is 14.7. The molecule has 0 fully saturated rings. The fourth-order valence-corrected chi connectivity index (χ4v) is 3.12. The van der Waals surface area contributed by atoms with Crippen molar-refractivity contribution in [3.63, 3.8) is 0 Å². The number of aromatic nitrogens is 2. The van der Waals surface area contributed by atoms with Crippen LogP contribution < -0.4 is 5.32 Å². The van der Waals surface area contributed by atoms with Gasteiger partial charge in [-0.25, -0.2) is 9.37 Å². The molecule has 2 aromatic carbocycles. The minimum atomic E-state index is -0.988. The van der Waals surface area contributed by atoms with Crippen molar-refractivity contribution in [1.29, 1.82) is 0 Å². The average molecular weight is 418 g/mol. The monoisotopic (exact) mass is 418 g/mol. The van der Waals surface area contributed by atoms with E-state index in [1.54, 1.807) is 32.0 Å². The van der Waals surface area contributed by atoms with Gasteiger partial charge in [-0.3, -0.25) is 14.6 Å². The van der Waals surface area contributed by atoms with Crippen LogP contribution in [0.1, 0.15) is 35.3 Å². The Morgan fingerprint density at radius 2 is 1.87 bits per heavy atom. The Kier molecular flexibility index (Phi) is 5.06. The Hall–Kier alpha value is -3.94. The maximum absolute atomic E-state index is 13.8. The number of hydrogen-bond donors (Lipinski definition) is 1. The lowest BCUT2D eigenvalue weighted by Crippen LogP contribution is -2.33. The number of carbonyl (C=O) groups excluding carboxylic acids is 2. The molecule has 4 rings (SSSR count). The summed E-state index contributed by atoms with van der Waals surface area (Å²) in [7, 11) is 0. The second-order valence-corrected chi connectivity index (χ2v) is 7.62. The summed E-state index contributed by atoms with van der Waals surface area (Å²) >= 11 is 0. The van der Waals surface area contributed by atoms with Crippen molar-refractivity contribution in [2.45, 2.75) is 26.4 Å². The quantitative estimate of drug-likeness (QED) is 0.693. The van der Waals surface area contributed by atoms with Crippen LogP contribution in [0.5, 0.6) is 0 Å². The van der Waals surface area contributed by atoms with Gasteiger partial charge >= 0.3 is 0 Å². The van der Waals surface area contributed by atoms with E-state index < -0.39 is 17.3 Å². The first-order valence-corrected chi connectivity index (χ1v) is 9.56. The molecule has 3 aromatic rings. The number of amides is 1. The molecular weight excluding hydrogens is 399 g/mol. The summed E-state index contributed by atoms with van der Waals surface area (Å²) in [5.74, 6) is -1.23. The maximum atomic E-state index is 13.8. The molecule has 0 saturated carbocycles. The van der Waals surface area contributed by atoms with Crippen LogP contribution in [-0.4, -0.2) is 33.0 Å². The minimum Gasteiger partial charge on any atom is -0.381 e. The van der Waals surface area contributed by atoms with Gasteiger partial charge in [-0.2, -0.15) is 0 Å². The molecular formula is C23H19FN4O3. The van der Waals surface area contributed by atoms with Gasteiger partial charge in [0.2, 0.25) is 5.78 Å². The lowest BCUT2D eigenvalue weighted by molar-refractivity contribution is -0.128. The predicted molar refractivity (Wildman–Crippen MR) is 113 cm³/mol. The predicted octanol–water partition coefficient (Wildman–Crippen LogP) is 3.93. The third kappa shape index (κ3) is 3.92. The number of rotatable bonds is 4. The topological polar surface area (TPSA) is 93.5 Å². The van der Waals surface area contributed by atoms with Crippen LogP contribution in [0.15, 0.2) is 60.0 Å². The number of ketones is 1. The summed E-state index contributed by atoms with van der Waals surface area (Å²) in [5, 5.41) is 6.47. The maximum Gasteiger partial charge on any atom is 0.259 e. The van der Waals surface area contributed by atoms with Crippen molar-refractivity contribution < 1.29 is 18.8 Å². The lowest BCUT2D eigenvalue weighted by atomic mass is 9.93. The van der Waals surface area contributed by atoms with Crippen molar-refractivity contribution >= 4 is 23.2 Å². The van der Waals surface area contributed by atoms with E-state index in [0.29, 0.717) is 11.3 Å². The highest BCUT2D eigenvalue weighted by Crippen LogP contribution is 2.27. The van der Waals surface area contributed by atoms with E-state index in [1.165, 1.54) is 30.6 Å². The highest BCUT2D eigenvalue weighted by Gasteiger charge is 2.40. The van der Waals surface area contributed by atoms with E-state index in [-0.39, 0.29) is 22.9 Å². The van der Waals surface area contributed by atoms with Crippen molar-refractivity contribution in [3.05, 3.63) is 77.4 Å². The SMILES string of the molecule is Cc1ccc(C2=NOC(C)(C)C2=O)cc1-c1cnc(NC(=O)c2ccccc2F)cn1. The molecule has 0 atom stereocenters. The number of carbonyl (C=O) groups is 2. The summed E-state index contributed by atoms with van der Waals surface area (Å²) in [6.45, 7) is 5.24. The number of oxime groups is 1. The lowest BCUT2D eigenvalue weighted by Gasteiger charge is -2.12. The molecule has 1 aliphatic rings. The molecule has 1 N–H and O–H groups in total. The van der Waals surface area contributed by atoms with Crippen molar-refractivity contribution in [2.75, 3.05) is 5.32 Å². The van der Waals surface area contributed by atoms with E-state index in [0.717, 1.165) is 11.1 Å². The van der Waals surface area contributed by atoms with E-state index >= 15 is 0 Å². The number of nitrogens with one attached hydrogen (secondary N) is 1. The zero-order valence-corrected chi connectivity index (χ0v) is 17.1. The summed E-state index contributed by atoms with van der Waals surface area (Å²) in [5.41, 5.74) is 2.05. The third-order valence-electron chi connectivity index (χ3n) is 4.93. The van der Waals surface area contributed by atoms with Gasteiger partial charge < -0.3 is 10.2 Å². The van der Waals surface area contributed by atoms with Gasteiger partial charge in [-0.15, -0.1) is 0 Å². The molecule has 1 aliphatic heterocycles. The second-order valence-electron chi connectivity index (χ2n) is 7.62. The van der Waals surface area contributed by atoms with Crippen LogP contribution in [0.3, 0.4) is 0 Å². The molecule has 0 unspecified atom stereocenters. The van der Waals surface area contributed by atoms with Crippen molar-refractivity contribution in [1.82, 2.24) is 9.97 Å². The Bertz CT molecular complexity index is 1220. The van der Waals surface area contributed by atoms with Crippen molar-refractivity contribution in [2.24, 2.45) is 5.16 Å². The molecule has 1 amide bonds. The van der Waals surface area contributed by atoms with Gasteiger partial charge in [0.05, 0.1) is 23.7 Å². The van der Waals surface area contributed by atoms with Gasteiger partial charge in [0.15, 0.2) is 17.1 Å². The second kappa shape index (κ2) is 7.71. The van der Waals surface area contributed by atoms with Gasteiger partial charge in [0.1, 0.15) is 5.82 Å². The molecule has 1 aromatic heterocycles. The molecule has 7 nitrogen and oxygen atoms in total. The van der Waals surface area contributed by atoms with Gasteiger partial charge in [0.25, 0.3) is 5.91 Å². The number of hydrogen-bond acceptors (Lipinski definition) is 6. The van der Waals surface area contributed by atoms with E-state index in [1.807, 2.05) is 13.0 Å². The number of nitrogens with zero attached hydrogens (tertiary/aromatic N) is 3. The van der Waals surface area contributed by atoms with E-state index in [9.17, 15) is 14.0 Å². The number of anilines is 1. The summed E-state index contributed by atoms with van der Waals surface area (Å²) in [6, 6.07) is 11.2. The molecule has 156 valence electrons. The first kappa shape index (κ1) is 20.3. The largest absolute Gasteiger partial charge is 0.381 e. The highest BCUT2D eigenvalue weighted by molar-refractivity contribution is 6.49.